The molecule has 0 bridgehead atoms. The van der Waals surface area contributed by atoms with E-state index in [0.717, 1.165) is 11.1 Å². The molecule has 2 atom stereocenters. The molecule has 0 fully saturated rings. The van der Waals surface area contributed by atoms with Crippen molar-refractivity contribution in [1.82, 2.24) is 5.32 Å². The van der Waals surface area contributed by atoms with Crippen LogP contribution in [0.1, 0.15) is 36.1 Å². The molecule has 0 saturated heterocycles. The van der Waals surface area contributed by atoms with Crippen molar-refractivity contribution in [2.24, 2.45) is 0 Å². The second-order valence-electron chi connectivity index (χ2n) is 6.71. The molecule has 3 aromatic rings. The smallest absolute Gasteiger partial charge is 0.261 e. The Morgan fingerprint density at radius 3 is 2.18 bits per heavy atom. The molecule has 0 radical (unpaired) electrons. The maximum atomic E-state index is 13.0. The van der Waals surface area contributed by atoms with Gasteiger partial charge in [0.1, 0.15) is 5.75 Å². The summed E-state index contributed by atoms with van der Waals surface area (Å²) < 4.78 is 5.90. The lowest BCUT2D eigenvalue weighted by atomic mass is 9.97. The summed E-state index contributed by atoms with van der Waals surface area (Å²) >= 11 is 6.19. The van der Waals surface area contributed by atoms with Crippen molar-refractivity contribution in [2.75, 3.05) is 0 Å². The van der Waals surface area contributed by atoms with Gasteiger partial charge in [-0.25, -0.2) is 0 Å². The predicted octanol–water partition coefficient (Wildman–Crippen LogP) is 5.71. The number of rotatable bonds is 7. The number of nitrogens with one attached hydrogen (secondary N) is 1. The van der Waals surface area contributed by atoms with Crippen LogP contribution in [0, 0.1) is 6.92 Å². The maximum absolute atomic E-state index is 13.0. The van der Waals surface area contributed by atoms with Crippen LogP contribution in [-0.2, 0) is 4.79 Å². The first-order valence-electron chi connectivity index (χ1n) is 9.41. The number of amides is 1. The number of hydrogen-bond acceptors (Lipinski definition) is 2. The van der Waals surface area contributed by atoms with Crippen LogP contribution < -0.4 is 10.1 Å². The average molecular weight is 394 g/mol. The third kappa shape index (κ3) is 4.93. The minimum atomic E-state index is -0.628. The Labute approximate surface area is 171 Å². The Kier molecular flexibility index (Phi) is 6.72. The molecular formula is C24H24ClNO2. The average Bonchev–Trinajstić information content (AvgIpc) is 2.72. The molecule has 0 aliphatic rings. The second kappa shape index (κ2) is 9.43. The van der Waals surface area contributed by atoms with E-state index in [1.54, 1.807) is 12.1 Å². The van der Waals surface area contributed by atoms with Gasteiger partial charge in [0, 0.05) is 0 Å². The number of ether oxygens (including phenoxy) is 1. The summed E-state index contributed by atoms with van der Waals surface area (Å²) in [5, 5.41) is 3.65. The van der Waals surface area contributed by atoms with Crippen LogP contribution in [0.2, 0.25) is 5.02 Å². The van der Waals surface area contributed by atoms with Crippen LogP contribution in [0.15, 0.2) is 78.9 Å². The van der Waals surface area contributed by atoms with Crippen molar-refractivity contribution in [3.8, 4) is 5.75 Å². The van der Waals surface area contributed by atoms with Crippen molar-refractivity contribution in [3.05, 3.63) is 101 Å². The van der Waals surface area contributed by atoms with Crippen LogP contribution in [0.4, 0.5) is 0 Å². The molecule has 0 heterocycles. The largest absolute Gasteiger partial charge is 0.479 e. The maximum Gasteiger partial charge on any atom is 0.261 e. The third-order valence-electron chi connectivity index (χ3n) is 4.60. The lowest BCUT2D eigenvalue weighted by Crippen LogP contribution is -2.40. The number of aryl methyl sites for hydroxylation is 1. The van der Waals surface area contributed by atoms with Crippen LogP contribution in [0.3, 0.4) is 0 Å². The van der Waals surface area contributed by atoms with Gasteiger partial charge in [0.05, 0.1) is 11.1 Å². The number of carbonyl (C=O) groups excluding carboxylic acids is 1. The molecule has 0 aliphatic carbocycles. The molecule has 0 aliphatic heterocycles. The SMILES string of the molecule is CC[C@H](Oc1ccccc1Cl)C(=O)N[C@@H](c1ccccc1)c1ccc(C)cc1. The highest BCUT2D eigenvalue weighted by Crippen LogP contribution is 2.26. The van der Waals surface area contributed by atoms with Crippen molar-refractivity contribution in [1.29, 1.82) is 0 Å². The van der Waals surface area contributed by atoms with Crippen LogP contribution in [0.25, 0.3) is 0 Å². The molecule has 1 amide bonds. The molecule has 0 unspecified atom stereocenters. The highest BCUT2D eigenvalue weighted by molar-refractivity contribution is 6.32. The number of carbonyl (C=O) groups is 1. The zero-order valence-corrected chi connectivity index (χ0v) is 16.8. The van der Waals surface area contributed by atoms with Gasteiger partial charge in [0.2, 0.25) is 0 Å². The highest BCUT2D eigenvalue weighted by atomic mass is 35.5. The molecule has 3 rings (SSSR count). The van der Waals surface area contributed by atoms with Gasteiger partial charge in [-0.15, -0.1) is 0 Å². The molecular weight excluding hydrogens is 370 g/mol. The number of para-hydroxylation sites is 1. The van der Waals surface area contributed by atoms with E-state index in [2.05, 4.69) is 17.4 Å². The van der Waals surface area contributed by atoms with E-state index in [1.165, 1.54) is 5.56 Å². The summed E-state index contributed by atoms with van der Waals surface area (Å²) in [6, 6.07) is 25.1. The van der Waals surface area contributed by atoms with E-state index in [4.69, 9.17) is 16.3 Å². The Morgan fingerprint density at radius 1 is 0.929 bits per heavy atom. The molecule has 0 saturated carbocycles. The normalized spacial score (nSPS) is 12.8. The van der Waals surface area contributed by atoms with Crippen molar-refractivity contribution < 1.29 is 9.53 Å². The fraction of sp³-hybridized carbons (Fsp3) is 0.208. The summed E-state index contributed by atoms with van der Waals surface area (Å²) in [4.78, 5) is 13.0. The van der Waals surface area contributed by atoms with Crippen molar-refractivity contribution in [2.45, 2.75) is 32.4 Å². The lowest BCUT2D eigenvalue weighted by molar-refractivity contribution is -0.128. The zero-order valence-electron chi connectivity index (χ0n) is 16.1. The fourth-order valence-corrected chi connectivity index (χ4v) is 3.19. The highest BCUT2D eigenvalue weighted by Gasteiger charge is 2.24. The minimum Gasteiger partial charge on any atom is -0.479 e. The fourth-order valence-electron chi connectivity index (χ4n) is 3.01. The summed E-state index contributed by atoms with van der Waals surface area (Å²) in [7, 11) is 0. The van der Waals surface area contributed by atoms with E-state index >= 15 is 0 Å². The first-order chi connectivity index (χ1) is 13.6. The summed E-state index contributed by atoms with van der Waals surface area (Å²) in [6.45, 7) is 3.97. The molecule has 0 aromatic heterocycles. The van der Waals surface area contributed by atoms with Crippen LogP contribution in [-0.4, -0.2) is 12.0 Å². The Bertz CT molecular complexity index is 909. The number of halogens is 1. The molecule has 1 N–H and O–H groups in total. The van der Waals surface area contributed by atoms with Crippen molar-refractivity contribution in [3.63, 3.8) is 0 Å². The van der Waals surface area contributed by atoms with Gasteiger partial charge in [0.25, 0.3) is 5.91 Å². The summed E-state index contributed by atoms with van der Waals surface area (Å²) in [5.41, 5.74) is 3.22. The van der Waals surface area contributed by atoms with E-state index in [-0.39, 0.29) is 11.9 Å². The van der Waals surface area contributed by atoms with Gasteiger partial charge >= 0.3 is 0 Å². The molecule has 3 aromatic carbocycles. The molecule has 3 nitrogen and oxygen atoms in total. The van der Waals surface area contributed by atoms with Gasteiger partial charge in [-0.1, -0.05) is 90.8 Å². The molecule has 28 heavy (non-hydrogen) atoms. The molecule has 0 spiro atoms. The topological polar surface area (TPSA) is 38.3 Å². The van der Waals surface area contributed by atoms with Gasteiger partial charge in [-0.2, -0.15) is 0 Å². The van der Waals surface area contributed by atoms with Crippen molar-refractivity contribution >= 4 is 17.5 Å². The summed E-state index contributed by atoms with van der Waals surface area (Å²) in [5.74, 6) is 0.342. The van der Waals surface area contributed by atoms with Gasteiger partial charge in [0.15, 0.2) is 6.10 Å². The zero-order chi connectivity index (χ0) is 19.9. The van der Waals surface area contributed by atoms with Crippen LogP contribution in [0.5, 0.6) is 5.75 Å². The number of hydrogen-bond donors (Lipinski definition) is 1. The Balaban J connectivity index is 1.83. The van der Waals surface area contributed by atoms with Gasteiger partial charge in [-0.05, 0) is 36.6 Å². The quantitative estimate of drug-likeness (QED) is 0.558. The molecule has 4 heteroatoms. The minimum absolute atomic E-state index is 0.170. The Morgan fingerprint density at radius 2 is 1.54 bits per heavy atom. The van der Waals surface area contributed by atoms with Gasteiger partial charge in [-0.3, -0.25) is 4.79 Å². The van der Waals surface area contributed by atoms with E-state index in [1.807, 2.05) is 68.4 Å². The number of benzene rings is 3. The monoisotopic (exact) mass is 393 g/mol. The van der Waals surface area contributed by atoms with Crippen LogP contribution >= 0.6 is 11.6 Å². The van der Waals surface area contributed by atoms with E-state index < -0.39 is 6.10 Å². The third-order valence-corrected chi connectivity index (χ3v) is 4.91. The van der Waals surface area contributed by atoms with Gasteiger partial charge < -0.3 is 10.1 Å². The Hall–Kier alpha value is -2.78. The second-order valence-corrected chi connectivity index (χ2v) is 7.12. The molecule has 144 valence electrons. The summed E-state index contributed by atoms with van der Waals surface area (Å²) in [6.07, 6.45) is -0.0940. The standard InChI is InChI=1S/C24H24ClNO2/c1-3-21(28-22-12-8-7-11-20(22)25)24(27)26-23(18-9-5-4-6-10-18)19-15-13-17(2)14-16-19/h4-16,21,23H,3H2,1-2H3,(H,26,27)/t21-,23-/m0/s1. The van der Waals surface area contributed by atoms with E-state index in [9.17, 15) is 4.79 Å². The lowest BCUT2D eigenvalue weighted by Gasteiger charge is -2.24. The first kappa shape index (κ1) is 20.0. The first-order valence-corrected chi connectivity index (χ1v) is 9.79. The van der Waals surface area contributed by atoms with E-state index in [0.29, 0.717) is 17.2 Å². The predicted molar refractivity (Wildman–Crippen MR) is 114 cm³/mol.